The van der Waals surface area contributed by atoms with Crippen molar-refractivity contribution in [3.63, 3.8) is 0 Å². The van der Waals surface area contributed by atoms with E-state index in [0.29, 0.717) is 11.1 Å². The van der Waals surface area contributed by atoms with Gasteiger partial charge in [0.05, 0.1) is 19.8 Å². The fourth-order valence-corrected chi connectivity index (χ4v) is 2.30. The van der Waals surface area contributed by atoms with Crippen LogP contribution in [0, 0.1) is 5.92 Å². The van der Waals surface area contributed by atoms with Crippen LogP contribution >= 0.6 is 0 Å². The van der Waals surface area contributed by atoms with Gasteiger partial charge in [0.2, 0.25) is 0 Å². The first-order valence-electron chi connectivity index (χ1n) is 7.38. The predicted molar refractivity (Wildman–Crippen MR) is 87.1 cm³/mol. The van der Waals surface area contributed by atoms with Crippen molar-refractivity contribution >= 4 is 22.8 Å². The van der Waals surface area contributed by atoms with Crippen molar-refractivity contribution in [3.8, 4) is 5.75 Å². The lowest BCUT2D eigenvalue weighted by Gasteiger charge is -2.20. The minimum atomic E-state index is -0.817. The van der Waals surface area contributed by atoms with Crippen LogP contribution in [0.1, 0.15) is 24.2 Å². The summed E-state index contributed by atoms with van der Waals surface area (Å²) >= 11 is 0. The molecule has 1 atom stereocenters. The van der Waals surface area contributed by atoms with Crippen molar-refractivity contribution in [2.45, 2.75) is 19.9 Å². The van der Waals surface area contributed by atoms with E-state index in [4.69, 9.17) is 13.9 Å². The lowest BCUT2D eigenvalue weighted by molar-refractivity contribution is -0.144. The van der Waals surface area contributed by atoms with Crippen LogP contribution in [0.15, 0.2) is 33.5 Å². The second-order valence-corrected chi connectivity index (χ2v) is 5.56. The van der Waals surface area contributed by atoms with Crippen LogP contribution < -0.4 is 15.7 Å². The molecule has 1 aromatic heterocycles. The Morgan fingerprint density at radius 3 is 2.46 bits per heavy atom. The van der Waals surface area contributed by atoms with Crippen LogP contribution in [0.2, 0.25) is 0 Å². The van der Waals surface area contributed by atoms with E-state index in [-0.39, 0.29) is 17.1 Å². The van der Waals surface area contributed by atoms with Gasteiger partial charge >= 0.3 is 11.6 Å². The van der Waals surface area contributed by atoms with E-state index in [1.165, 1.54) is 20.3 Å². The summed E-state index contributed by atoms with van der Waals surface area (Å²) in [4.78, 5) is 36.1. The molecular weight excluding hydrogens is 314 g/mol. The third kappa shape index (κ3) is 3.56. The van der Waals surface area contributed by atoms with E-state index in [0.717, 1.165) is 6.07 Å². The molecule has 0 aliphatic carbocycles. The van der Waals surface area contributed by atoms with Crippen molar-refractivity contribution in [2.24, 2.45) is 5.92 Å². The van der Waals surface area contributed by atoms with Gasteiger partial charge in [-0.3, -0.25) is 4.79 Å². The minimum Gasteiger partial charge on any atom is -0.497 e. The summed E-state index contributed by atoms with van der Waals surface area (Å²) in [7, 11) is 2.74. The molecule has 1 aromatic carbocycles. The molecule has 1 unspecified atom stereocenters. The average molecular weight is 333 g/mol. The molecule has 0 saturated carbocycles. The van der Waals surface area contributed by atoms with E-state index in [1.54, 1.807) is 26.0 Å². The summed E-state index contributed by atoms with van der Waals surface area (Å²) in [6.45, 7) is 3.56. The van der Waals surface area contributed by atoms with Gasteiger partial charge in [-0.15, -0.1) is 0 Å². The van der Waals surface area contributed by atoms with Gasteiger partial charge in [0.25, 0.3) is 5.91 Å². The Morgan fingerprint density at radius 2 is 1.88 bits per heavy atom. The molecular formula is C17H19NO6. The zero-order valence-electron chi connectivity index (χ0n) is 13.9. The molecule has 0 bridgehead atoms. The predicted octanol–water partition coefficient (Wildman–Crippen LogP) is 1.73. The summed E-state index contributed by atoms with van der Waals surface area (Å²) in [5.74, 6) is -0.778. The van der Waals surface area contributed by atoms with Gasteiger partial charge in [0, 0.05) is 17.5 Å². The molecule has 1 N–H and O–H groups in total. The number of carbonyl (C=O) groups is 2. The zero-order valence-corrected chi connectivity index (χ0v) is 13.9. The highest BCUT2D eigenvalue weighted by atomic mass is 16.5. The lowest BCUT2D eigenvalue weighted by atomic mass is 10.0. The number of ether oxygens (including phenoxy) is 2. The van der Waals surface area contributed by atoms with E-state index in [1.807, 2.05) is 0 Å². The molecule has 1 heterocycles. The Balaban J connectivity index is 2.45. The van der Waals surface area contributed by atoms with Crippen molar-refractivity contribution in [1.29, 1.82) is 0 Å². The third-order valence-electron chi connectivity index (χ3n) is 3.60. The quantitative estimate of drug-likeness (QED) is 0.661. The molecule has 128 valence electrons. The van der Waals surface area contributed by atoms with E-state index >= 15 is 0 Å². The third-order valence-corrected chi connectivity index (χ3v) is 3.60. The highest BCUT2D eigenvalue weighted by molar-refractivity contribution is 6.06. The maximum atomic E-state index is 12.6. The van der Waals surface area contributed by atoms with Crippen molar-refractivity contribution < 1.29 is 23.5 Å². The minimum absolute atomic E-state index is 0.124. The first-order chi connectivity index (χ1) is 11.4. The number of esters is 1. The normalized spacial score (nSPS) is 12.0. The van der Waals surface area contributed by atoms with Crippen LogP contribution in [0.3, 0.4) is 0 Å². The number of hydrogen-bond donors (Lipinski definition) is 1. The van der Waals surface area contributed by atoms with E-state index in [2.05, 4.69) is 5.32 Å². The van der Waals surface area contributed by atoms with Gasteiger partial charge in [-0.25, -0.2) is 9.59 Å². The van der Waals surface area contributed by atoms with Crippen molar-refractivity contribution in [3.05, 3.63) is 40.2 Å². The average Bonchev–Trinajstić information content (AvgIpc) is 2.56. The maximum absolute atomic E-state index is 12.6. The largest absolute Gasteiger partial charge is 0.497 e. The van der Waals surface area contributed by atoms with Gasteiger partial charge in [0.1, 0.15) is 17.4 Å². The molecule has 24 heavy (non-hydrogen) atoms. The number of hydrogen-bond acceptors (Lipinski definition) is 6. The fourth-order valence-electron chi connectivity index (χ4n) is 2.30. The van der Waals surface area contributed by atoms with E-state index < -0.39 is 23.5 Å². The number of benzene rings is 1. The molecule has 0 saturated heterocycles. The molecule has 7 nitrogen and oxygen atoms in total. The van der Waals surface area contributed by atoms with Crippen LogP contribution in [-0.4, -0.2) is 32.1 Å². The van der Waals surface area contributed by atoms with Crippen LogP contribution in [0.4, 0.5) is 0 Å². The molecule has 0 aliphatic rings. The van der Waals surface area contributed by atoms with Crippen LogP contribution in [0.5, 0.6) is 5.75 Å². The molecule has 2 aromatic rings. The molecule has 0 radical (unpaired) electrons. The van der Waals surface area contributed by atoms with Gasteiger partial charge in [-0.05, 0) is 18.1 Å². The van der Waals surface area contributed by atoms with Gasteiger partial charge in [0.15, 0.2) is 0 Å². The first-order valence-corrected chi connectivity index (χ1v) is 7.38. The Bertz CT molecular complexity index is 823. The molecule has 0 aliphatic heterocycles. The second kappa shape index (κ2) is 7.16. The molecule has 7 heteroatoms. The summed E-state index contributed by atoms with van der Waals surface area (Å²) < 4.78 is 14.9. The van der Waals surface area contributed by atoms with Gasteiger partial charge in [-0.2, -0.15) is 0 Å². The van der Waals surface area contributed by atoms with Crippen molar-refractivity contribution in [2.75, 3.05) is 14.2 Å². The number of methoxy groups -OCH3 is 2. The fraction of sp³-hybridized carbons (Fsp3) is 0.353. The zero-order chi connectivity index (χ0) is 17.9. The molecule has 2 rings (SSSR count). The topological polar surface area (TPSA) is 94.8 Å². The first kappa shape index (κ1) is 17.5. The Morgan fingerprint density at radius 1 is 1.17 bits per heavy atom. The summed E-state index contributed by atoms with van der Waals surface area (Å²) in [6.07, 6.45) is 0. The number of nitrogens with one attached hydrogen (secondary N) is 1. The molecule has 1 amide bonds. The summed E-state index contributed by atoms with van der Waals surface area (Å²) in [6, 6.07) is 5.07. The Kier molecular flexibility index (Phi) is 5.23. The maximum Gasteiger partial charge on any atom is 0.337 e. The second-order valence-electron chi connectivity index (χ2n) is 5.56. The van der Waals surface area contributed by atoms with E-state index in [9.17, 15) is 14.4 Å². The molecule has 0 spiro atoms. The smallest absolute Gasteiger partial charge is 0.337 e. The summed E-state index contributed by atoms with van der Waals surface area (Å²) in [5.41, 5.74) is -0.315. The number of rotatable bonds is 5. The Labute approximate surface area is 138 Å². The molecule has 0 fully saturated rings. The lowest BCUT2D eigenvalue weighted by Crippen LogP contribution is -2.45. The van der Waals surface area contributed by atoms with Gasteiger partial charge < -0.3 is 19.2 Å². The Hall–Kier alpha value is -2.83. The van der Waals surface area contributed by atoms with Crippen molar-refractivity contribution in [1.82, 2.24) is 5.32 Å². The highest BCUT2D eigenvalue weighted by Crippen LogP contribution is 2.22. The van der Waals surface area contributed by atoms with Gasteiger partial charge in [-0.1, -0.05) is 13.8 Å². The number of amides is 1. The SMILES string of the molecule is COC(=O)C(NC(=O)c1cc(=O)oc2cc(OC)ccc12)C(C)C. The highest BCUT2D eigenvalue weighted by Gasteiger charge is 2.26. The number of fused-ring (bicyclic) bond motifs is 1. The number of carbonyl (C=O) groups excluding carboxylic acids is 2. The summed E-state index contributed by atoms with van der Waals surface area (Å²) in [5, 5.41) is 3.05. The van der Waals surface area contributed by atoms with Crippen LogP contribution in [0.25, 0.3) is 11.0 Å². The van der Waals surface area contributed by atoms with Crippen LogP contribution in [-0.2, 0) is 9.53 Å². The standard InChI is InChI=1S/C17H19NO6/c1-9(2)15(17(21)23-4)18-16(20)12-8-14(19)24-13-7-10(22-3)5-6-11(12)13/h5-9,15H,1-4H3,(H,18,20). The monoisotopic (exact) mass is 333 g/mol.